The third-order valence-corrected chi connectivity index (χ3v) is 6.14. The normalized spacial score (nSPS) is 16.3. The first-order valence-corrected chi connectivity index (χ1v) is 8.66. The zero-order chi connectivity index (χ0) is 15.9. The number of benzene rings is 1. The number of rotatable bonds is 2. The Bertz CT molecular complexity index is 850. The van der Waals surface area contributed by atoms with Crippen molar-refractivity contribution in [2.75, 3.05) is 6.54 Å². The maximum atomic E-state index is 12.8. The van der Waals surface area contributed by atoms with Crippen molar-refractivity contribution in [3.05, 3.63) is 51.9 Å². The lowest BCUT2D eigenvalue weighted by Crippen LogP contribution is -2.32. The van der Waals surface area contributed by atoms with Crippen molar-refractivity contribution in [3.63, 3.8) is 0 Å². The van der Waals surface area contributed by atoms with Gasteiger partial charge in [-0.05, 0) is 25.0 Å². The first-order valence-electron chi connectivity index (χ1n) is 7.22. The van der Waals surface area contributed by atoms with Gasteiger partial charge in [-0.15, -0.1) is 0 Å². The van der Waals surface area contributed by atoms with Crippen molar-refractivity contribution in [1.29, 1.82) is 0 Å². The second-order valence-corrected chi connectivity index (χ2v) is 7.47. The minimum absolute atomic E-state index is 0.118. The molecule has 118 valence electrons. The average molecular weight is 321 g/mol. The summed E-state index contributed by atoms with van der Waals surface area (Å²) in [6.07, 6.45) is 1.42. The van der Waals surface area contributed by atoms with Gasteiger partial charge in [0.25, 0.3) is 5.56 Å². The van der Waals surface area contributed by atoms with Crippen LogP contribution in [-0.2, 0) is 37.1 Å². The summed E-state index contributed by atoms with van der Waals surface area (Å²) in [5, 5.41) is 0. The van der Waals surface area contributed by atoms with E-state index in [9.17, 15) is 13.2 Å². The van der Waals surface area contributed by atoms with Gasteiger partial charge in [-0.3, -0.25) is 14.2 Å². The summed E-state index contributed by atoms with van der Waals surface area (Å²) in [6.45, 7) is 0.565. The molecule has 1 aliphatic heterocycles. The standard InChI is InChI=1S/C15H19N3O3S/c1-16-14-9-6-10-18(11-13(14)15(19)17(16)2)22(20,21)12-7-4-3-5-8-12/h3-5,7-8H,6,9-11H2,1-2H3. The number of hydrogen-bond donors (Lipinski definition) is 0. The SMILES string of the molecule is Cn1c2c(c(=O)n1C)CN(S(=O)(=O)c1ccccc1)CCC2. The minimum Gasteiger partial charge on any atom is -0.290 e. The number of sulfonamides is 1. The Labute approximate surface area is 129 Å². The van der Waals surface area contributed by atoms with Gasteiger partial charge in [0, 0.05) is 32.9 Å². The van der Waals surface area contributed by atoms with Crippen LogP contribution in [0.25, 0.3) is 0 Å². The molecule has 1 aliphatic rings. The number of nitrogens with zero attached hydrogens (tertiary/aromatic N) is 3. The molecule has 0 saturated carbocycles. The average Bonchev–Trinajstić information content (AvgIpc) is 2.71. The molecular weight excluding hydrogens is 302 g/mol. The fourth-order valence-corrected chi connectivity index (χ4v) is 4.40. The molecule has 2 aromatic rings. The van der Waals surface area contributed by atoms with Crippen LogP contribution in [0.2, 0.25) is 0 Å². The van der Waals surface area contributed by atoms with Gasteiger partial charge in [-0.2, -0.15) is 4.31 Å². The van der Waals surface area contributed by atoms with Crippen molar-refractivity contribution >= 4 is 10.0 Å². The third-order valence-electron chi connectivity index (χ3n) is 4.28. The summed E-state index contributed by atoms with van der Waals surface area (Å²) in [6, 6.07) is 8.37. The molecule has 0 amide bonds. The zero-order valence-electron chi connectivity index (χ0n) is 12.7. The van der Waals surface area contributed by atoms with Crippen LogP contribution < -0.4 is 5.56 Å². The van der Waals surface area contributed by atoms with Crippen LogP contribution in [0, 0.1) is 0 Å². The van der Waals surface area contributed by atoms with E-state index >= 15 is 0 Å². The van der Waals surface area contributed by atoms with Gasteiger partial charge < -0.3 is 0 Å². The van der Waals surface area contributed by atoms with Crippen LogP contribution in [0.4, 0.5) is 0 Å². The third kappa shape index (κ3) is 2.30. The van der Waals surface area contributed by atoms with Crippen LogP contribution in [-0.4, -0.2) is 28.6 Å². The first-order chi connectivity index (χ1) is 10.4. The molecular formula is C15H19N3O3S. The highest BCUT2D eigenvalue weighted by Crippen LogP contribution is 2.22. The van der Waals surface area contributed by atoms with E-state index in [0.717, 1.165) is 5.69 Å². The molecule has 0 fully saturated rings. The van der Waals surface area contributed by atoms with E-state index in [4.69, 9.17) is 0 Å². The Morgan fingerprint density at radius 3 is 2.41 bits per heavy atom. The summed E-state index contributed by atoms with van der Waals surface area (Å²) < 4.78 is 30.3. The quantitative estimate of drug-likeness (QED) is 0.824. The molecule has 0 atom stereocenters. The largest absolute Gasteiger partial charge is 0.290 e. The monoisotopic (exact) mass is 321 g/mol. The molecule has 1 aromatic heterocycles. The van der Waals surface area contributed by atoms with Crippen LogP contribution >= 0.6 is 0 Å². The fourth-order valence-electron chi connectivity index (χ4n) is 2.93. The maximum absolute atomic E-state index is 12.8. The Hall–Kier alpha value is -1.86. The van der Waals surface area contributed by atoms with Gasteiger partial charge in [0.05, 0.1) is 10.5 Å². The van der Waals surface area contributed by atoms with Crippen molar-refractivity contribution in [2.24, 2.45) is 14.1 Å². The Morgan fingerprint density at radius 1 is 1.05 bits per heavy atom. The number of aromatic nitrogens is 2. The summed E-state index contributed by atoms with van der Waals surface area (Å²) in [5.41, 5.74) is 1.40. The summed E-state index contributed by atoms with van der Waals surface area (Å²) in [4.78, 5) is 12.6. The summed E-state index contributed by atoms with van der Waals surface area (Å²) in [5.74, 6) is 0. The van der Waals surface area contributed by atoms with E-state index < -0.39 is 10.0 Å². The molecule has 7 heteroatoms. The molecule has 0 radical (unpaired) electrons. The van der Waals surface area contributed by atoms with E-state index in [1.54, 1.807) is 37.4 Å². The fraction of sp³-hybridized carbons (Fsp3) is 0.400. The molecule has 0 unspecified atom stereocenters. The molecule has 2 heterocycles. The van der Waals surface area contributed by atoms with Crippen molar-refractivity contribution in [3.8, 4) is 0 Å². The molecule has 1 aromatic carbocycles. The number of hydrogen-bond acceptors (Lipinski definition) is 3. The first kappa shape index (κ1) is 15.1. The molecule has 3 rings (SSSR count). The predicted molar refractivity (Wildman–Crippen MR) is 83.0 cm³/mol. The Balaban J connectivity index is 2.04. The van der Waals surface area contributed by atoms with Crippen LogP contribution in [0.15, 0.2) is 40.0 Å². The highest BCUT2D eigenvalue weighted by atomic mass is 32.2. The molecule has 0 spiro atoms. The molecule has 0 N–H and O–H groups in total. The van der Waals surface area contributed by atoms with E-state index in [1.165, 1.54) is 8.99 Å². The van der Waals surface area contributed by atoms with Crippen LogP contribution in [0.5, 0.6) is 0 Å². The van der Waals surface area contributed by atoms with Crippen molar-refractivity contribution in [1.82, 2.24) is 13.7 Å². The van der Waals surface area contributed by atoms with Crippen molar-refractivity contribution < 1.29 is 8.42 Å². The van der Waals surface area contributed by atoms with Gasteiger partial charge in [-0.1, -0.05) is 18.2 Å². The predicted octanol–water partition coefficient (Wildman–Crippen LogP) is 0.861. The van der Waals surface area contributed by atoms with Crippen LogP contribution in [0.3, 0.4) is 0 Å². The van der Waals surface area contributed by atoms with Crippen molar-refractivity contribution in [2.45, 2.75) is 24.3 Å². The maximum Gasteiger partial charge on any atom is 0.271 e. The summed E-state index contributed by atoms with van der Waals surface area (Å²) in [7, 11) is -0.0362. The Kier molecular flexibility index (Phi) is 3.70. The van der Waals surface area contributed by atoms with Gasteiger partial charge >= 0.3 is 0 Å². The van der Waals surface area contributed by atoms with E-state index in [2.05, 4.69) is 0 Å². The minimum atomic E-state index is -3.57. The van der Waals surface area contributed by atoms with Gasteiger partial charge in [0.15, 0.2) is 0 Å². The van der Waals surface area contributed by atoms with E-state index in [-0.39, 0.29) is 17.0 Å². The highest BCUT2D eigenvalue weighted by molar-refractivity contribution is 7.89. The molecule has 0 bridgehead atoms. The molecule has 0 saturated heterocycles. The molecule has 0 aliphatic carbocycles. The van der Waals surface area contributed by atoms with Gasteiger partial charge in [0.1, 0.15) is 0 Å². The zero-order valence-corrected chi connectivity index (χ0v) is 13.5. The lowest BCUT2D eigenvalue weighted by Gasteiger charge is -2.19. The lowest BCUT2D eigenvalue weighted by atomic mass is 10.2. The second-order valence-electron chi connectivity index (χ2n) is 5.53. The lowest BCUT2D eigenvalue weighted by molar-refractivity contribution is 0.407. The smallest absolute Gasteiger partial charge is 0.271 e. The summed E-state index contributed by atoms with van der Waals surface area (Å²) >= 11 is 0. The van der Waals surface area contributed by atoms with Gasteiger partial charge in [-0.25, -0.2) is 8.42 Å². The topological polar surface area (TPSA) is 64.3 Å². The van der Waals surface area contributed by atoms with E-state index in [0.29, 0.717) is 24.9 Å². The van der Waals surface area contributed by atoms with Gasteiger partial charge in [0.2, 0.25) is 10.0 Å². The highest BCUT2D eigenvalue weighted by Gasteiger charge is 2.30. The molecule has 22 heavy (non-hydrogen) atoms. The molecule has 6 nitrogen and oxygen atoms in total. The van der Waals surface area contributed by atoms with E-state index in [1.807, 2.05) is 11.7 Å². The number of fused-ring (bicyclic) bond motifs is 1. The van der Waals surface area contributed by atoms with Crippen LogP contribution in [0.1, 0.15) is 17.7 Å². The Morgan fingerprint density at radius 2 is 1.73 bits per heavy atom. The second kappa shape index (κ2) is 5.40.